The fourth-order valence-corrected chi connectivity index (χ4v) is 3.53. The van der Waals surface area contributed by atoms with Gasteiger partial charge >= 0.3 is 11.8 Å². The van der Waals surface area contributed by atoms with Crippen LogP contribution in [0.15, 0.2) is 17.5 Å². The van der Waals surface area contributed by atoms with Gasteiger partial charge in [-0.3, -0.25) is 9.59 Å². The van der Waals surface area contributed by atoms with Crippen LogP contribution in [-0.2, 0) is 9.59 Å². The lowest BCUT2D eigenvalue weighted by Gasteiger charge is -2.23. The summed E-state index contributed by atoms with van der Waals surface area (Å²) in [5.41, 5.74) is 0. The van der Waals surface area contributed by atoms with E-state index in [0.717, 1.165) is 25.7 Å². The summed E-state index contributed by atoms with van der Waals surface area (Å²) in [6.45, 7) is 0.435. The van der Waals surface area contributed by atoms with Crippen LogP contribution in [0.1, 0.15) is 36.6 Å². The van der Waals surface area contributed by atoms with Crippen LogP contribution in [0.2, 0.25) is 0 Å². The molecule has 0 radical (unpaired) electrons. The lowest BCUT2D eigenvalue weighted by atomic mass is 10.2. The van der Waals surface area contributed by atoms with Crippen LogP contribution < -0.4 is 10.6 Å². The maximum atomic E-state index is 11.9. The average molecular weight is 309 g/mol. The minimum Gasteiger partial charge on any atom is -0.346 e. The van der Waals surface area contributed by atoms with Gasteiger partial charge in [0.1, 0.15) is 0 Å². The summed E-state index contributed by atoms with van der Waals surface area (Å²) in [6, 6.07) is 4.30. The summed E-state index contributed by atoms with van der Waals surface area (Å²) in [6.07, 6.45) is 4.23. The highest BCUT2D eigenvalue weighted by molar-refractivity contribution is 7.10. The molecule has 2 amide bonds. The van der Waals surface area contributed by atoms with Crippen molar-refractivity contribution in [2.45, 2.75) is 37.8 Å². The molecule has 1 unspecified atom stereocenters. The lowest BCUT2D eigenvalue weighted by molar-refractivity contribution is -0.139. The molecular formula is C15H23N3O2S. The first-order valence-electron chi connectivity index (χ1n) is 7.36. The van der Waals surface area contributed by atoms with E-state index in [1.54, 1.807) is 11.3 Å². The Balaban J connectivity index is 1.82. The van der Waals surface area contributed by atoms with Gasteiger partial charge in [0.2, 0.25) is 0 Å². The summed E-state index contributed by atoms with van der Waals surface area (Å²) in [5, 5.41) is 7.56. The summed E-state index contributed by atoms with van der Waals surface area (Å²) in [4.78, 5) is 26.9. The van der Waals surface area contributed by atoms with Crippen molar-refractivity contribution >= 4 is 23.2 Å². The molecule has 1 aliphatic carbocycles. The molecule has 21 heavy (non-hydrogen) atoms. The molecule has 1 aliphatic rings. The van der Waals surface area contributed by atoms with Crippen molar-refractivity contribution in [3.63, 3.8) is 0 Å². The van der Waals surface area contributed by atoms with Crippen LogP contribution in [0.5, 0.6) is 0 Å². The molecule has 1 aromatic heterocycles. The van der Waals surface area contributed by atoms with Gasteiger partial charge in [-0.2, -0.15) is 0 Å². The molecule has 2 rings (SSSR count). The van der Waals surface area contributed by atoms with Crippen molar-refractivity contribution in [2.24, 2.45) is 0 Å². The monoisotopic (exact) mass is 309 g/mol. The van der Waals surface area contributed by atoms with Gasteiger partial charge < -0.3 is 15.5 Å². The van der Waals surface area contributed by atoms with E-state index in [-0.39, 0.29) is 12.1 Å². The average Bonchev–Trinajstić information content (AvgIpc) is 3.11. The first kappa shape index (κ1) is 16.0. The highest BCUT2D eigenvalue weighted by Crippen LogP contribution is 2.22. The number of carbonyl (C=O) groups is 2. The Hall–Kier alpha value is -1.40. The third-order valence-corrected chi connectivity index (χ3v) is 4.82. The first-order valence-corrected chi connectivity index (χ1v) is 8.24. The minimum atomic E-state index is -0.537. The van der Waals surface area contributed by atoms with Gasteiger partial charge in [0.15, 0.2) is 0 Å². The second-order valence-corrected chi connectivity index (χ2v) is 6.64. The maximum absolute atomic E-state index is 11.9. The van der Waals surface area contributed by atoms with Crippen LogP contribution in [0.3, 0.4) is 0 Å². The number of nitrogens with one attached hydrogen (secondary N) is 2. The van der Waals surface area contributed by atoms with E-state index >= 15 is 0 Å². The molecule has 2 N–H and O–H groups in total. The summed E-state index contributed by atoms with van der Waals surface area (Å²) in [5.74, 6) is -1.05. The highest BCUT2D eigenvalue weighted by atomic mass is 32.1. The van der Waals surface area contributed by atoms with E-state index in [1.165, 1.54) is 4.88 Å². The fraction of sp³-hybridized carbons (Fsp3) is 0.600. The number of hydrogen-bond donors (Lipinski definition) is 2. The largest absolute Gasteiger partial charge is 0.346 e. The second-order valence-electron chi connectivity index (χ2n) is 5.66. The van der Waals surface area contributed by atoms with Crippen molar-refractivity contribution in [1.29, 1.82) is 0 Å². The van der Waals surface area contributed by atoms with Gasteiger partial charge in [0.05, 0.1) is 6.04 Å². The molecule has 6 heteroatoms. The van der Waals surface area contributed by atoms with Gasteiger partial charge in [-0.25, -0.2) is 0 Å². The van der Waals surface area contributed by atoms with Gasteiger partial charge in [0.25, 0.3) is 0 Å². The molecule has 1 fully saturated rings. The van der Waals surface area contributed by atoms with Crippen molar-refractivity contribution < 1.29 is 9.59 Å². The Bertz CT molecular complexity index is 467. The van der Waals surface area contributed by atoms with Crippen LogP contribution in [-0.4, -0.2) is 43.4 Å². The third-order valence-electron chi connectivity index (χ3n) is 3.85. The Morgan fingerprint density at radius 2 is 2.05 bits per heavy atom. The number of rotatable bonds is 5. The van der Waals surface area contributed by atoms with Crippen molar-refractivity contribution in [3.05, 3.63) is 22.4 Å². The van der Waals surface area contributed by atoms with Crippen molar-refractivity contribution in [1.82, 2.24) is 15.5 Å². The summed E-state index contributed by atoms with van der Waals surface area (Å²) < 4.78 is 0. The topological polar surface area (TPSA) is 61.4 Å². The van der Waals surface area contributed by atoms with E-state index in [2.05, 4.69) is 10.6 Å². The maximum Gasteiger partial charge on any atom is 0.309 e. The molecule has 1 saturated carbocycles. The van der Waals surface area contributed by atoms with Gasteiger partial charge in [-0.05, 0) is 38.4 Å². The van der Waals surface area contributed by atoms with Crippen LogP contribution in [0, 0.1) is 0 Å². The molecule has 1 heterocycles. The van der Waals surface area contributed by atoms with E-state index < -0.39 is 11.8 Å². The number of thiophene rings is 1. The smallest absolute Gasteiger partial charge is 0.309 e. The zero-order chi connectivity index (χ0) is 15.2. The number of nitrogens with zero attached hydrogens (tertiary/aromatic N) is 1. The van der Waals surface area contributed by atoms with E-state index in [9.17, 15) is 9.59 Å². The lowest BCUT2D eigenvalue weighted by Crippen LogP contribution is -2.45. The van der Waals surface area contributed by atoms with Gasteiger partial charge in [-0.1, -0.05) is 18.9 Å². The number of carbonyl (C=O) groups excluding carboxylic acids is 2. The molecule has 0 aromatic carbocycles. The SMILES string of the molecule is CN(C)C(CNC(=O)C(=O)NC1CCCC1)c1cccs1. The van der Waals surface area contributed by atoms with Crippen LogP contribution in [0.25, 0.3) is 0 Å². The quantitative estimate of drug-likeness (QED) is 0.811. The van der Waals surface area contributed by atoms with E-state index in [0.29, 0.717) is 6.54 Å². The predicted octanol–water partition coefficient (Wildman–Crippen LogP) is 1.53. The summed E-state index contributed by atoms with van der Waals surface area (Å²) >= 11 is 1.65. The molecule has 0 saturated heterocycles. The van der Waals surface area contributed by atoms with E-state index in [4.69, 9.17) is 0 Å². The normalized spacial score (nSPS) is 16.9. The second kappa shape index (κ2) is 7.56. The van der Waals surface area contributed by atoms with Crippen molar-refractivity contribution in [3.8, 4) is 0 Å². The summed E-state index contributed by atoms with van der Waals surface area (Å²) in [7, 11) is 3.93. The standard InChI is InChI=1S/C15H23N3O2S/c1-18(2)12(13-8-5-9-21-13)10-16-14(19)15(20)17-11-6-3-4-7-11/h5,8-9,11-12H,3-4,6-7,10H2,1-2H3,(H,16,19)(H,17,20). The zero-order valence-corrected chi connectivity index (χ0v) is 13.4. The zero-order valence-electron chi connectivity index (χ0n) is 12.6. The number of amides is 2. The molecule has 1 atom stereocenters. The molecule has 0 aliphatic heterocycles. The van der Waals surface area contributed by atoms with Crippen LogP contribution >= 0.6 is 11.3 Å². The molecule has 1 aromatic rings. The molecule has 0 spiro atoms. The highest BCUT2D eigenvalue weighted by Gasteiger charge is 2.23. The van der Waals surface area contributed by atoms with E-state index in [1.807, 2.05) is 36.5 Å². The minimum absolute atomic E-state index is 0.0910. The van der Waals surface area contributed by atoms with Gasteiger partial charge in [0, 0.05) is 17.5 Å². The fourth-order valence-electron chi connectivity index (χ4n) is 2.61. The Labute approximate surface area is 129 Å². The molecular weight excluding hydrogens is 286 g/mol. The number of likely N-dealkylation sites (N-methyl/N-ethyl adjacent to an activating group) is 1. The molecule has 5 nitrogen and oxygen atoms in total. The third kappa shape index (κ3) is 4.54. The Morgan fingerprint density at radius 1 is 1.33 bits per heavy atom. The van der Waals surface area contributed by atoms with Crippen molar-refractivity contribution in [2.75, 3.05) is 20.6 Å². The number of hydrogen-bond acceptors (Lipinski definition) is 4. The predicted molar refractivity (Wildman–Crippen MR) is 84.2 cm³/mol. The Kier molecular flexibility index (Phi) is 5.76. The van der Waals surface area contributed by atoms with Crippen LogP contribution in [0.4, 0.5) is 0 Å². The first-order chi connectivity index (χ1) is 10.1. The molecule has 116 valence electrons. The molecule has 0 bridgehead atoms. The van der Waals surface area contributed by atoms with Gasteiger partial charge in [-0.15, -0.1) is 11.3 Å². The Morgan fingerprint density at radius 3 is 2.62 bits per heavy atom.